The van der Waals surface area contributed by atoms with Gasteiger partial charge in [0, 0.05) is 6.61 Å². The van der Waals surface area contributed by atoms with E-state index in [2.05, 4.69) is 26.0 Å². The lowest BCUT2D eigenvalue weighted by molar-refractivity contribution is 0.0366. The topological polar surface area (TPSA) is 18.5 Å². The molecule has 2 heteroatoms. The molecule has 0 aliphatic heterocycles. The smallest absolute Gasteiger partial charge is 0.0718 e. The standard InChI is InChI=1S/C15H24O2/c1-3-14(2)9-10-16-11-12-17-13-15-7-5-4-6-8-15/h4-8,14H,3,9-13H2,1-2H3. The molecule has 0 spiro atoms. The van der Waals surface area contributed by atoms with Crippen LogP contribution in [0, 0.1) is 5.92 Å². The first kappa shape index (κ1) is 14.2. The predicted octanol–water partition coefficient (Wildman–Crippen LogP) is 3.66. The Morgan fingerprint density at radius 1 is 1.00 bits per heavy atom. The molecule has 17 heavy (non-hydrogen) atoms. The van der Waals surface area contributed by atoms with Crippen LogP contribution >= 0.6 is 0 Å². The van der Waals surface area contributed by atoms with Gasteiger partial charge in [0.2, 0.25) is 0 Å². The van der Waals surface area contributed by atoms with E-state index >= 15 is 0 Å². The maximum Gasteiger partial charge on any atom is 0.0718 e. The van der Waals surface area contributed by atoms with Gasteiger partial charge in [0.25, 0.3) is 0 Å². The summed E-state index contributed by atoms with van der Waals surface area (Å²) >= 11 is 0. The fourth-order valence-electron chi connectivity index (χ4n) is 1.47. The molecule has 0 radical (unpaired) electrons. The summed E-state index contributed by atoms with van der Waals surface area (Å²) in [7, 11) is 0. The molecular formula is C15H24O2. The second kappa shape index (κ2) is 9.20. The van der Waals surface area contributed by atoms with Crippen molar-refractivity contribution in [1.82, 2.24) is 0 Å². The fourth-order valence-corrected chi connectivity index (χ4v) is 1.47. The molecule has 0 N–H and O–H groups in total. The molecule has 1 aromatic carbocycles. The van der Waals surface area contributed by atoms with Gasteiger partial charge in [-0.15, -0.1) is 0 Å². The highest BCUT2D eigenvalue weighted by molar-refractivity contribution is 5.13. The van der Waals surface area contributed by atoms with Gasteiger partial charge in [0.05, 0.1) is 19.8 Å². The van der Waals surface area contributed by atoms with Gasteiger partial charge in [-0.25, -0.2) is 0 Å². The number of hydrogen-bond donors (Lipinski definition) is 0. The second-order valence-corrected chi connectivity index (χ2v) is 4.45. The fraction of sp³-hybridized carbons (Fsp3) is 0.600. The van der Waals surface area contributed by atoms with Crippen molar-refractivity contribution in [3.63, 3.8) is 0 Å². The second-order valence-electron chi connectivity index (χ2n) is 4.45. The summed E-state index contributed by atoms with van der Waals surface area (Å²) in [6.07, 6.45) is 2.38. The summed E-state index contributed by atoms with van der Waals surface area (Å²) in [4.78, 5) is 0. The van der Waals surface area contributed by atoms with Crippen LogP contribution in [0.4, 0.5) is 0 Å². The summed E-state index contributed by atoms with van der Waals surface area (Å²) in [6, 6.07) is 10.2. The minimum atomic E-state index is 0.676. The Morgan fingerprint density at radius 3 is 2.41 bits per heavy atom. The normalized spacial score (nSPS) is 12.6. The Morgan fingerprint density at radius 2 is 1.71 bits per heavy atom. The molecule has 1 atom stereocenters. The molecule has 2 nitrogen and oxygen atoms in total. The molecule has 0 aliphatic rings. The number of benzene rings is 1. The minimum absolute atomic E-state index is 0.676. The molecule has 0 saturated heterocycles. The summed E-state index contributed by atoms with van der Waals surface area (Å²) in [6.45, 7) is 7.38. The lowest BCUT2D eigenvalue weighted by atomic mass is 10.1. The zero-order chi connectivity index (χ0) is 12.3. The van der Waals surface area contributed by atoms with Crippen molar-refractivity contribution in [1.29, 1.82) is 0 Å². The Bertz CT molecular complexity index is 272. The van der Waals surface area contributed by atoms with Crippen LogP contribution in [0.1, 0.15) is 32.3 Å². The molecule has 0 heterocycles. The third kappa shape index (κ3) is 7.14. The van der Waals surface area contributed by atoms with Crippen LogP contribution < -0.4 is 0 Å². The van der Waals surface area contributed by atoms with Crippen LogP contribution in [-0.4, -0.2) is 19.8 Å². The van der Waals surface area contributed by atoms with E-state index in [4.69, 9.17) is 9.47 Å². The van der Waals surface area contributed by atoms with E-state index in [0.29, 0.717) is 19.8 Å². The van der Waals surface area contributed by atoms with Crippen LogP contribution in [0.3, 0.4) is 0 Å². The quantitative estimate of drug-likeness (QED) is 0.609. The van der Waals surface area contributed by atoms with Gasteiger partial charge in [-0.05, 0) is 17.9 Å². The van der Waals surface area contributed by atoms with Gasteiger partial charge < -0.3 is 9.47 Å². The molecule has 1 unspecified atom stereocenters. The van der Waals surface area contributed by atoms with E-state index in [1.807, 2.05) is 18.2 Å². The van der Waals surface area contributed by atoms with Crippen LogP contribution in [0.2, 0.25) is 0 Å². The molecule has 0 bridgehead atoms. The first-order chi connectivity index (χ1) is 8.33. The van der Waals surface area contributed by atoms with Crippen molar-refractivity contribution >= 4 is 0 Å². The van der Waals surface area contributed by atoms with E-state index in [-0.39, 0.29) is 0 Å². The largest absolute Gasteiger partial charge is 0.379 e. The zero-order valence-electron chi connectivity index (χ0n) is 11.0. The van der Waals surface area contributed by atoms with E-state index in [9.17, 15) is 0 Å². The maximum absolute atomic E-state index is 5.53. The highest BCUT2D eigenvalue weighted by atomic mass is 16.5. The molecule has 0 saturated carbocycles. The average molecular weight is 236 g/mol. The van der Waals surface area contributed by atoms with E-state index < -0.39 is 0 Å². The molecule has 0 aromatic heterocycles. The van der Waals surface area contributed by atoms with Crippen LogP contribution in [0.15, 0.2) is 30.3 Å². The SMILES string of the molecule is CCC(C)CCOCCOCc1ccccc1. The monoisotopic (exact) mass is 236 g/mol. The van der Waals surface area contributed by atoms with Crippen LogP contribution in [-0.2, 0) is 16.1 Å². The molecular weight excluding hydrogens is 212 g/mol. The van der Waals surface area contributed by atoms with Gasteiger partial charge in [-0.2, -0.15) is 0 Å². The number of ether oxygens (including phenoxy) is 2. The number of hydrogen-bond acceptors (Lipinski definition) is 2. The highest BCUT2D eigenvalue weighted by Gasteiger charge is 1.98. The molecule has 0 amide bonds. The van der Waals surface area contributed by atoms with Gasteiger partial charge >= 0.3 is 0 Å². The molecule has 0 aliphatic carbocycles. The number of rotatable bonds is 9. The Labute approximate surface area is 105 Å². The zero-order valence-corrected chi connectivity index (χ0v) is 11.0. The lowest BCUT2D eigenvalue weighted by Gasteiger charge is -2.09. The van der Waals surface area contributed by atoms with Gasteiger partial charge in [0.1, 0.15) is 0 Å². The van der Waals surface area contributed by atoms with Crippen molar-refractivity contribution in [2.24, 2.45) is 5.92 Å². The van der Waals surface area contributed by atoms with Crippen molar-refractivity contribution in [2.45, 2.75) is 33.3 Å². The predicted molar refractivity (Wildman–Crippen MR) is 71.0 cm³/mol. The first-order valence-electron chi connectivity index (χ1n) is 6.52. The van der Waals surface area contributed by atoms with E-state index in [0.717, 1.165) is 18.9 Å². The van der Waals surface area contributed by atoms with Crippen LogP contribution in [0.5, 0.6) is 0 Å². The first-order valence-corrected chi connectivity index (χ1v) is 6.52. The van der Waals surface area contributed by atoms with Crippen LogP contribution in [0.25, 0.3) is 0 Å². The van der Waals surface area contributed by atoms with Crippen molar-refractivity contribution in [3.8, 4) is 0 Å². The molecule has 96 valence electrons. The van der Waals surface area contributed by atoms with E-state index in [1.165, 1.54) is 12.0 Å². The molecule has 1 aromatic rings. The van der Waals surface area contributed by atoms with Crippen molar-refractivity contribution in [3.05, 3.63) is 35.9 Å². The Balaban J connectivity index is 1.91. The maximum atomic E-state index is 5.53. The minimum Gasteiger partial charge on any atom is -0.379 e. The third-order valence-electron chi connectivity index (χ3n) is 2.94. The van der Waals surface area contributed by atoms with Gasteiger partial charge in [-0.1, -0.05) is 50.6 Å². The summed E-state index contributed by atoms with van der Waals surface area (Å²) in [5.41, 5.74) is 1.21. The molecule has 1 rings (SSSR count). The Kier molecular flexibility index (Phi) is 7.69. The average Bonchev–Trinajstić information content (AvgIpc) is 2.38. The van der Waals surface area contributed by atoms with Crippen molar-refractivity contribution in [2.75, 3.05) is 19.8 Å². The summed E-state index contributed by atoms with van der Waals surface area (Å²) in [5, 5.41) is 0. The van der Waals surface area contributed by atoms with Gasteiger partial charge in [-0.3, -0.25) is 0 Å². The Hall–Kier alpha value is -0.860. The lowest BCUT2D eigenvalue weighted by Crippen LogP contribution is -2.07. The van der Waals surface area contributed by atoms with E-state index in [1.54, 1.807) is 0 Å². The third-order valence-corrected chi connectivity index (χ3v) is 2.94. The van der Waals surface area contributed by atoms with Gasteiger partial charge in [0.15, 0.2) is 0 Å². The molecule has 0 fully saturated rings. The van der Waals surface area contributed by atoms with Crippen molar-refractivity contribution < 1.29 is 9.47 Å². The summed E-state index contributed by atoms with van der Waals surface area (Å²) in [5.74, 6) is 0.764. The summed E-state index contributed by atoms with van der Waals surface area (Å²) < 4.78 is 11.0. The highest BCUT2D eigenvalue weighted by Crippen LogP contribution is 2.05.